The van der Waals surface area contributed by atoms with Crippen LogP contribution in [0.4, 0.5) is 5.69 Å². The van der Waals surface area contributed by atoms with E-state index < -0.39 is 0 Å². The van der Waals surface area contributed by atoms with Crippen LogP contribution in [0.3, 0.4) is 0 Å². The fourth-order valence-electron chi connectivity index (χ4n) is 3.34. The first-order valence-electron chi connectivity index (χ1n) is 8.52. The molecule has 0 bridgehead atoms. The Bertz CT molecular complexity index is 787. The summed E-state index contributed by atoms with van der Waals surface area (Å²) in [5.41, 5.74) is 10.7. The Balaban J connectivity index is 1.81. The molecule has 2 N–H and O–H groups in total. The summed E-state index contributed by atoms with van der Waals surface area (Å²) in [6.45, 7) is 1.98. The minimum absolute atomic E-state index is 0.325. The number of benzene rings is 2. The van der Waals surface area contributed by atoms with Gasteiger partial charge in [-0.1, -0.05) is 48.5 Å². The van der Waals surface area contributed by atoms with Crippen molar-refractivity contribution in [3.8, 4) is 16.9 Å². The molecule has 4 heteroatoms. The second-order valence-electron chi connectivity index (χ2n) is 6.32. The largest absolute Gasteiger partial charge is 0.368 e. The van der Waals surface area contributed by atoms with Crippen molar-refractivity contribution in [1.82, 2.24) is 9.78 Å². The molecule has 0 amide bonds. The Hall–Kier alpha value is -2.59. The van der Waals surface area contributed by atoms with E-state index in [-0.39, 0.29) is 0 Å². The molecule has 4 rings (SSSR count). The Labute approximate surface area is 142 Å². The fraction of sp³-hybridized carbons (Fsp3) is 0.250. The van der Waals surface area contributed by atoms with E-state index in [1.54, 1.807) is 0 Å². The molecule has 1 saturated heterocycles. The van der Waals surface area contributed by atoms with E-state index in [0.717, 1.165) is 37.3 Å². The van der Waals surface area contributed by atoms with E-state index in [4.69, 9.17) is 10.8 Å². The van der Waals surface area contributed by atoms with Gasteiger partial charge in [-0.2, -0.15) is 5.10 Å². The molecule has 1 fully saturated rings. The SMILES string of the molecule is NC1CCN(c2cnn(-c3ccccc3)c2-c2ccccc2)CC1. The average Bonchev–Trinajstić information content (AvgIpc) is 3.09. The van der Waals surface area contributed by atoms with Crippen molar-refractivity contribution in [3.63, 3.8) is 0 Å². The van der Waals surface area contributed by atoms with Crippen LogP contribution < -0.4 is 10.6 Å². The van der Waals surface area contributed by atoms with Crippen LogP contribution in [-0.4, -0.2) is 28.9 Å². The lowest BCUT2D eigenvalue weighted by atomic mass is 10.0. The van der Waals surface area contributed by atoms with Crippen LogP contribution in [0.5, 0.6) is 0 Å². The maximum atomic E-state index is 6.07. The van der Waals surface area contributed by atoms with E-state index in [0.29, 0.717) is 6.04 Å². The van der Waals surface area contributed by atoms with Crippen molar-refractivity contribution in [2.75, 3.05) is 18.0 Å². The van der Waals surface area contributed by atoms with Gasteiger partial charge in [0, 0.05) is 24.7 Å². The minimum Gasteiger partial charge on any atom is -0.368 e. The third-order valence-corrected chi connectivity index (χ3v) is 4.68. The molecule has 0 saturated carbocycles. The Morgan fingerprint density at radius 2 is 1.50 bits per heavy atom. The second-order valence-corrected chi connectivity index (χ2v) is 6.32. The van der Waals surface area contributed by atoms with Gasteiger partial charge in [-0.05, 0) is 25.0 Å². The molecule has 122 valence electrons. The quantitative estimate of drug-likeness (QED) is 0.804. The van der Waals surface area contributed by atoms with Crippen LogP contribution in [-0.2, 0) is 0 Å². The zero-order chi connectivity index (χ0) is 16.4. The average molecular weight is 318 g/mol. The van der Waals surface area contributed by atoms with Gasteiger partial charge in [0.2, 0.25) is 0 Å². The Kier molecular flexibility index (Phi) is 4.05. The van der Waals surface area contributed by atoms with Gasteiger partial charge in [0.05, 0.1) is 23.3 Å². The zero-order valence-corrected chi connectivity index (χ0v) is 13.7. The van der Waals surface area contributed by atoms with Gasteiger partial charge in [-0.25, -0.2) is 4.68 Å². The molecule has 0 radical (unpaired) electrons. The normalized spacial score (nSPS) is 15.6. The van der Waals surface area contributed by atoms with Crippen molar-refractivity contribution >= 4 is 5.69 Å². The maximum Gasteiger partial charge on any atom is 0.0974 e. The molecule has 0 spiro atoms. The summed E-state index contributed by atoms with van der Waals surface area (Å²) in [5.74, 6) is 0. The van der Waals surface area contributed by atoms with Crippen LogP contribution in [0.15, 0.2) is 66.9 Å². The number of anilines is 1. The van der Waals surface area contributed by atoms with E-state index in [9.17, 15) is 0 Å². The molecule has 1 aromatic heterocycles. The van der Waals surface area contributed by atoms with E-state index in [2.05, 4.69) is 41.3 Å². The van der Waals surface area contributed by atoms with Crippen molar-refractivity contribution in [2.24, 2.45) is 5.73 Å². The van der Waals surface area contributed by atoms with Crippen LogP contribution >= 0.6 is 0 Å². The summed E-state index contributed by atoms with van der Waals surface area (Å²) in [7, 11) is 0. The number of nitrogens with zero attached hydrogens (tertiary/aromatic N) is 3. The second kappa shape index (κ2) is 6.49. The number of para-hydroxylation sites is 1. The molecule has 0 unspecified atom stereocenters. The van der Waals surface area contributed by atoms with E-state index >= 15 is 0 Å². The molecule has 1 aliphatic rings. The highest BCUT2D eigenvalue weighted by Gasteiger charge is 2.23. The van der Waals surface area contributed by atoms with Crippen LogP contribution in [0.1, 0.15) is 12.8 Å². The van der Waals surface area contributed by atoms with Gasteiger partial charge < -0.3 is 10.6 Å². The standard InChI is InChI=1S/C20H22N4/c21-17-11-13-23(14-12-17)19-15-22-24(18-9-5-2-6-10-18)20(19)16-7-3-1-4-8-16/h1-10,15,17H,11-14,21H2. The van der Waals surface area contributed by atoms with Gasteiger partial charge in [0.1, 0.15) is 0 Å². The summed E-state index contributed by atoms with van der Waals surface area (Å²) >= 11 is 0. The van der Waals surface area contributed by atoms with Crippen molar-refractivity contribution in [2.45, 2.75) is 18.9 Å². The molecule has 0 aliphatic carbocycles. The highest BCUT2D eigenvalue weighted by atomic mass is 15.3. The first-order chi connectivity index (χ1) is 11.8. The lowest BCUT2D eigenvalue weighted by Gasteiger charge is -2.32. The number of hydrogen-bond donors (Lipinski definition) is 1. The fourth-order valence-corrected chi connectivity index (χ4v) is 3.34. The third-order valence-electron chi connectivity index (χ3n) is 4.68. The molecular weight excluding hydrogens is 296 g/mol. The monoisotopic (exact) mass is 318 g/mol. The molecule has 2 aromatic carbocycles. The molecule has 4 nitrogen and oxygen atoms in total. The van der Waals surface area contributed by atoms with Crippen molar-refractivity contribution in [1.29, 1.82) is 0 Å². The number of hydrogen-bond acceptors (Lipinski definition) is 3. The molecule has 2 heterocycles. The highest BCUT2D eigenvalue weighted by Crippen LogP contribution is 2.34. The summed E-state index contributed by atoms with van der Waals surface area (Å²) in [6, 6.07) is 21.1. The predicted molar refractivity (Wildman–Crippen MR) is 98.4 cm³/mol. The minimum atomic E-state index is 0.325. The first-order valence-corrected chi connectivity index (χ1v) is 8.52. The smallest absolute Gasteiger partial charge is 0.0974 e. The Morgan fingerprint density at radius 3 is 2.17 bits per heavy atom. The van der Waals surface area contributed by atoms with E-state index in [1.807, 2.05) is 35.1 Å². The number of rotatable bonds is 3. The van der Waals surface area contributed by atoms with Gasteiger partial charge >= 0.3 is 0 Å². The number of aromatic nitrogens is 2. The highest BCUT2D eigenvalue weighted by molar-refractivity contribution is 5.77. The van der Waals surface area contributed by atoms with Crippen LogP contribution in [0.2, 0.25) is 0 Å². The number of nitrogens with two attached hydrogens (primary N) is 1. The van der Waals surface area contributed by atoms with Crippen LogP contribution in [0, 0.1) is 0 Å². The van der Waals surface area contributed by atoms with Gasteiger partial charge in [-0.3, -0.25) is 0 Å². The Morgan fingerprint density at radius 1 is 0.875 bits per heavy atom. The zero-order valence-electron chi connectivity index (χ0n) is 13.7. The molecule has 0 atom stereocenters. The van der Waals surface area contributed by atoms with E-state index in [1.165, 1.54) is 11.3 Å². The van der Waals surface area contributed by atoms with Gasteiger partial charge in [0.25, 0.3) is 0 Å². The summed E-state index contributed by atoms with van der Waals surface area (Å²) < 4.78 is 2.04. The molecule has 24 heavy (non-hydrogen) atoms. The molecular formula is C20H22N4. The van der Waals surface area contributed by atoms with Crippen LogP contribution in [0.25, 0.3) is 16.9 Å². The summed E-state index contributed by atoms with van der Waals surface area (Å²) in [6.07, 6.45) is 4.06. The summed E-state index contributed by atoms with van der Waals surface area (Å²) in [4.78, 5) is 2.41. The summed E-state index contributed by atoms with van der Waals surface area (Å²) in [5, 5.41) is 4.70. The lowest BCUT2D eigenvalue weighted by Crippen LogP contribution is -2.39. The van der Waals surface area contributed by atoms with Crippen molar-refractivity contribution < 1.29 is 0 Å². The molecule has 1 aliphatic heterocycles. The molecule has 3 aromatic rings. The topological polar surface area (TPSA) is 47.1 Å². The lowest BCUT2D eigenvalue weighted by molar-refractivity contribution is 0.501. The van der Waals surface area contributed by atoms with Gasteiger partial charge in [0.15, 0.2) is 0 Å². The maximum absolute atomic E-state index is 6.07. The third kappa shape index (κ3) is 2.81. The first kappa shape index (κ1) is 15.0. The predicted octanol–water partition coefficient (Wildman–Crippen LogP) is 3.47. The van der Waals surface area contributed by atoms with Crippen molar-refractivity contribution in [3.05, 3.63) is 66.9 Å². The van der Waals surface area contributed by atoms with Gasteiger partial charge in [-0.15, -0.1) is 0 Å². The number of piperidine rings is 1.